The third kappa shape index (κ3) is 2.60. The van der Waals surface area contributed by atoms with Gasteiger partial charge in [0.2, 0.25) is 0 Å². The Morgan fingerprint density at radius 1 is 1.47 bits per heavy atom. The van der Waals surface area contributed by atoms with Crippen LogP contribution in [-0.4, -0.2) is 4.98 Å². The average Bonchev–Trinajstić information content (AvgIpc) is 2.21. The third-order valence-corrected chi connectivity index (χ3v) is 2.84. The zero-order valence-electron chi connectivity index (χ0n) is 7.34. The van der Waals surface area contributed by atoms with Gasteiger partial charge >= 0.3 is 0 Å². The molecule has 0 aliphatic heterocycles. The maximum atomic E-state index is 12.4. The first kappa shape index (κ1) is 11.8. The van der Waals surface area contributed by atoms with Crippen LogP contribution in [0, 0.1) is 26.2 Å². The summed E-state index contributed by atoms with van der Waals surface area (Å²) in [6, 6.07) is 4.67. The van der Waals surface area contributed by atoms with Crippen LogP contribution in [-0.2, 0) is 6.42 Å². The first-order valence-corrected chi connectivity index (χ1v) is 4.92. The Labute approximate surface area is 98.5 Å². The van der Waals surface area contributed by atoms with Crippen LogP contribution >= 0.6 is 22.6 Å². The van der Waals surface area contributed by atoms with Crippen LogP contribution in [0.4, 0.5) is 8.78 Å². The highest BCUT2D eigenvalue weighted by atomic mass is 127. The van der Waals surface area contributed by atoms with Crippen molar-refractivity contribution in [2.45, 2.75) is 12.8 Å². The number of aromatic nitrogens is 1. The Morgan fingerprint density at radius 3 is 2.60 bits per heavy atom. The molecule has 0 fully saturated rings. The van der Waals surface area contributed by atoms with Crippen LogP contribution in [0.25, 0.3) is 0 Å². The summed E-state index contributed by atoms with van der Waals surface area (Å²) in [5.74, 6) is 0. The fraction of sp³-hybridized carbons (Fsp3) is 0.222. The molecule has 0 aromatic carbocycles. The molecule has 3 nitrogen and oxygen atoms in total. The van der Waals surface area contributed by atoms with Crippen LogP contribution in [0.3, 0.4) is 0 Å². The predicted octanol–water partition coefficient (Wildman–Crippen LogP) is 2.56. The summed E-state index contributed by atoms with van der Waals surface area (Å²) in [6.07, 6.45) is -2.81. The summed E-state index contributed by atoms with van der Waals surface area (Å²) < 4.78 is 25.2. The molecule has 1 aromatic heterocycles. The highest BCUT2D eigenvalue weighted by Gasteiger charge is 2.15. The second-order valence-corrected chi connectivity index (χ2v) is 3.68. The van der Waals surface area contributed by atoms with Gasteiger partial charge < -0.3 is 0 Å². The van der Waals surface area contributed by atoms with Gasteiger partial charge in [0.1, 0.15) is 11.8 Å². The highest BCUT2D eigenvalue weighted by Crippen LogP contribution is 2.23. The Morgan fingerprint density at radius 2 is 2.13 bits per heavy atom. The minimum Gasteiger partial charge on any atom is -0.250 e. The molecule has 1 rings (SSSR count). The van der Waals surface area contributed by atoms with E-state index >= 15 is 0 Å². The molecule has 0 bridgehead atoms. The summed E-state index contributed by atoms with van der Waals surface area (Å²) in [5.41, 5.74) is -0.101. The SMILES string of the molecule is N#CCc1nc(C(F)F)cc(C#N)c1I. The lowest BCUT2D eigenvalue weighted by Gasteiger charge is -2.05. The fourth-order valence-corrected chi connectivity index (χ4v) is 1.58. The van der Waals surface area contributed by atoms with E-state index in [1.54, 1.807) is 6.07 Å². The molecule has 0 N–H and O–H groups in total. The molecule has 0 saturated heterocycles. The van der Waals surface area contributed by atoms with E-state index in [0.717, 1.165) is 6.07 Å². The molecule has 1 heterocycles. The quantitative estimate of drug-likeness (QED) is 0.787. The van der Waals surface area contributed by atoms with Crippen molar-refractivity contribution in [3.63, 3.8) is 0 Å². The molecule has 1 aromatic rings. The van der Waals surface area contributed by atoms with E-state index in [-0.39, 0.29) is 17.7 Å². The molecule has 0 saturated carbocycles. The van der Waals surface area contributed by atoms with Gasteiger partial charge in [-0.15, -0.1) is 0 Å². The minimum atomic E-state index is -2.73. The Kier molecular flexibility index (Phi) is 3.92. The topological polar surface area (TPSA) is 60.5 Å². The van der Waals surface area contributed by atoms with Crippen molar-refractivity contribution >= 4 is 22.6 Å². The maximum absolute atomic E-state index is 12.4. The van der Waals surface area contributed by atoms with Gasteiger partial charge in [-0.25, -0.2) is 13.8 Å². The van der Waals surface area contributed by atoms with Crippen LogP contribution in [0.5, 0.6) is 0 Å². The van der Waals surface area contributed by atoms with Crippen LogP contribution in [0.15, 0.2) is 6.07 Å². The third-order valence-electron chi connectivity index (χ3n) is 1.64. The summed E-state index contributed by atoms with van der Waals surface area (Å²) in [6.45, 7) is 0. The molecule has 6 heteroatoms. The van der Waals surface area contributed by atoms with Crippen LogP contribution in [0.1, 0.15) is 23.4 Å². The summed E-state index contributed by atoms with van der Waals surface area (Å²) in [5, 5.41) is 17.2. The van der Waals surface area contributed by atoms with Gasteiger partial charge in [-0.2, -0.15) is 10.5 Å². The van der Waals surface area contributed by atoms with Crippen molar-refractivity contribution < 1.29 is 8.78 Å². The molecular weight excluding hydrogens is 315 g/mol. The first-order valence-electron chi connectivity index (χ1n) is 3.84. The first-order chi connectivity index (χ1) is 7.10. The van der Waals surface area contributed by atoms with E-state index in [4.69, 9.17) is 10.5 Å². The van der Waals surface area contributed by atoms with E-state index in [1.807, 2.05) is 28.7 Å². The second-order valence-electron chi connectivity index (χ2n) is 2.60. The van der Waals surface area contributed by atoms with Crippen molar-refractivity contribution in [3.8, 4) is 12.1 Å². The Balaban J connectivity index is 3.34. The molecule has 0 radical (unpaired) electrons. The van der Waals surface area contributed by atoms with Gasteiger partial charge in [0.15, 0.2) is 0 Å². The lowest BCUT2D eigenvalue weighted by molar-refractivity contribution is 0.146. The highest BCUT2D eigenvalue weighted by molar-refractivity contribution is 14.1. The molecule has 0 amide bonds. The molecule has 76 valence electrons. The largest absolute Gasteiger partial charge is 0.280 e. The van der Waals surface area contributed by atoms with E-state index < -0.39 is 12.1 Å². The van der Waals surface area contributed by atoms with E-state index in [1.165, 1.54) is 0 Å². The second kappa shape index (κ2) is 4.99. The monoisotopic (exact) mass is 319 g/mol. The van der Waals surface area contributed by atoms with Gasteiger partial charge in [-0.05, 0) is 28.7 Å². The standard InChI is InChI=1S/C9H4F2IN3/c10-9(11)7-3-5(4-14)8(12)6(15-7)1-2-13/h3,9H,1H2. The molecular formula is C9H4F2IN3. The Hall–Kier alpha value is -1.28. The van der Waals surface area contributed by atoms with Crippen molar-refractivity contribution in [2.75, 3.05) is 0 Å². The molecule has 15 heavy (non-hydrogen) atoms. The lowest BCUT2D eigenvalue weighted by Crippen LogP contribution is -2.01. The fourth-order valence-electron chi connectivity index (χ4n) is 0.989. The summed E-state index contributed by atoms with van der Waals surface area (Å²) in [4.78, 5) is 3.64. The minimum absolute atomic E-state index is 0.0759. The summed E-state index contributed by atoms with van der Waals surface area (Å²) in [7, 11) is 0. The van der Waals surface area contributed by atoms with Crippen molar-refractivity contribution in [2.24, 2.45) is 0 Å². The van der Waals surface area contributed by atoms with Gasteiger partial charge in [0.05, 0.1) is 27.3 Å². The van der Waals surface area contributed by atoms with E-state index in [2.05, 4.69) is 4.98 Å². The Bertz CT molecular complexity index is 460. The van der Waals surface area contributed by atoms with Gasteiger partial charge in [-0.1, -0.05) is 0 Å². The van der Waals surface area contributed by atoms with Crippen LogP contribution < -0.4 is 0 Å². The van der Waals surface area contributed by atoms with Crippen molar-refractivity contribution in [3.05, 3.63) is 26.6 Å². The maximum Gasteiger partial charge on any atom is 0.280 e. The lowest BCUT2D eigenvalue weighted by atomic mass is 10.2. The number of nitrogens with zero attached hydrogens (tertiary/aromatic N) is 3. The summed E-state index contributed by atoms with van der Waals surface area (Å²) >= 11 is 1.82. The molecule has 0 spiro atoms. The zero-order valence-corrected chi connectivity index (χ0v) is 9.49. The predicted molar refractivity (Wildman–Crippen MR) is 55.9 cm³/mol. The van der Waals surface area contributed by atoms with Crippen LogP contribution in [0.2, 0.25) is 0 Å². The zero-order chi connectivity index (χ0) is 11.4. The van der Waals surface area contributed by atoms with Gasteiger partial charge in [-0.3, -0.25) is 0 Å². The average molecular weight is 319 g/mol. The van der Waals surface area contributed by atoms with E-state index in [0.29, 0.717) is 3.57 Å². The smallest absolute Gasteiger partial charge is 0.250 e. The number of nitriles is 2. The molecule has 0 aliphatic rings. The normalized spacial score (nSPS) is 9.73. The number of alkyl halides is 2. The molecule has 0 atom stereocenters. The number of halogens is 3. The van der Waals surface area contributed by atoms with Crippen molar-refractivity contribution in [1.82, 2.24) is 4.98 Å². The van der Waals surface area contributed by atoms with Gasteiger partial charge in [0.25, 0.3) is 6.43 Å². The molecule has 0 aliphatic carbocycles. The van der Waals surface area contributed by atoms with Gasteiger partial charge in [0, 0.05) is 0 Å². The molecule has 0 unspecified atom stereocenters. The number of rotatable bonds is 2. The number of hydrogen-bond donors (Lipinski definition) is 0. The number of pyridine rings is 1. The van der Waals surface area contributed by atoms with E-state index in [9.17, 15) is 8.78 Å². The van der Waals surface area contributed by atoms with Crippen molar-refractivity contribution in [1.29, 1.82) is 10.5 Å². The number of hydrogen-bond acceptors (Lipinski definition) is 3.